The molecule has 3 saturated carbocycles. The smallest absolute Gasteiger partial charge is 0.248 e. The number of aliphatic hydroxyl groups is 1. The maximum atomic E-state index is 13.1. The predicted octanol–water partition coefficient (Wildman–Crippen LogP) is 3.36. The Morgan fingerprint density at radius 3 is 1.88 bits per heavy atom. The van der Waals surface area contributed by atoms with Gasteiger partial charge in [-0.3, -0.25) is 0 Å². The van der Waals surface area contributed by atoms with Crippen LogP contribution < -0.4 is 0 Å². The third-order valence-electron chi connectivity index (χ3n) is 5.22. The lowest BCUT2D eigenvalue weighted by atomic mass is 9.80. The van der Waals surface area contributed by atoms with Crippen LogP contribution in [0.1, 0.15) is 51.4 Å². The molecule has 0 aromatic rings. The van der Waals surface area contributed by atoms with Gasteiger partial charge < -0.3 is 5.11 Å². The Labute approximate surface area is 95.2 Å². The summed E-state index contributed by atoms with van der Waals surface area (Å²) in [6, 6.07) is 0. The molecule has 3 heteroatoms. The van der Waals surface area contributed by atoms with Gasteiger partial charge in [-0.25, -0.2) is 8.78 Å². The summed E-state index contributed by atoms with van der Waals surface area (Å²) in [5.74, 6) is -1.43. The van der Waals surface area contributed by atoms with Crippen molar-refractivity contribution in [3.63, 3.8) is 0 Å². The van der Waals surface area contributed by atoms with E-state index in [4.69, 9.17) is 0 Å². The Morgan fingerprint density at radius 2 is 1.38 bits per heavy atom. The highest BCUT2D eigenvalue weighted by molar-refractivity contribution is 5.16. The second kappa shape index (κ2) is 3.41. The lowest BCUT2D eigenvalue weighted by molar-refractivity contribution is -0.0721. The molecular formula is C13H20F2O. The van der Waals surface area contributed by atoms with Gasteiger partial charge in [0.2, 0.25) is 5.92 Å². The third-order valence-corrected chi connectivity index (χ3v) is 5.22. The van der Waals surface area contributed by atoms with Crippen molar-refractivity contribution in [3.05, 3.63) is 0 Å². The predicted molar refractivity (Wildman–Crippen MR) is 57.3 cm³/mol. The summed E-state index contributed by atoms with van der Waals surface area (Å²) in [6.07, 6.45) is 5.69. The quantitative estimate of drug-likeness (QED) is 0.732. The molecule has 16 heavy (non-hydrogen) atoms. The van der Waals surface area contributed by atoms with E-state index < -0.39 is 11.5 Å². The van der Waals surface area contributed by atoms with Gasteiger partial charge in [-0.2, -0.15) is 0 Å². The Hall–Kier alpha value is -0.180. The van der Waals surface area contributed by atoms with Crippen molar-refractivity contribution in [2.75, 3.05) is 0 Å². The van der Waals surface area contributed by atoms with Crippen LogP contribution in [-0.2, 0) is 0 Å². The zero-order valence-corrected chi connectivity index (χ0v) is 9.59. The van der Waals surface area contributed by atoms with Crippen LogP contribution in [0.3, 0.4) is 0 Å². The van der Waals surface area contributed by atoms with Crippen LogP contribution in [0.5, 0.6) is 0 Å². The van der Waals surface area contributed by atoms with Crippen molar-refractivity contribution < 1.29 is 13.9 Å². The van der Waals surface area contributed by atoms with Crippen LogP contribution in [0, 0.1) is 17.8 Å². The molecule has 0 spiro atoms. The highest BCUT2D eigenvalue weighted by atomic mass is 19.3. The first-order valence-corrected chi connectivity index (χ1v) is 6.64. The minimum Gasteiger partial charge on any atom is -0.389 e. The van der Waals surface area contributed by atoms with Gasteiger partial charge in [-0.15, -0.1) is 0 Å². The molecule has 3 aliphatic rings. The van der Waals surface area contributed by atoms with Gasteiger partial charge in [0.05, 0.1) is 5.60 Å². The van der Waals surface area contributed by atoms with Crippen LogP contribution in [0.25, 0.3) is 0 Å². The fourth-order valence-electron chi connectivity index (χ4n) is 4.25. The molecule has 3 aliphatic carbocycles. The van der Waals surface area contributed by atoms with Crippen LogP contribution in [0.4, 0.5) is 8.78 Å². The maximum absolute atomic E-state index is 13.1. The number of fused-ring (bicyclic) bond motifs is 1. The van der Waals surface area contributed by atoms with Gasteiger partial charge in [0.25, 0.3) is 0 Å². The van der Waals surface area contributed by atoms with E-state index in [1.165, 1.54) is 12.8 Å². The van der Waals surface area contributed by atoms with E-state index in [2.05, 4.69) is 0 Å². The van der Waals surface area contributed by atoms with E-state index >= 15 is 0 Å². The third kappa shape index (κ3) is 1.51. The van der Waals surface area contributed by atoms with Gasteiger partial charge in [-0.05, 0) is 43.4 Å². The summed E-state index contributed by atoms with van der Waals surface area (Å²) in [5, 5.41) is 10.6. The molecule has 0 aromatic heterocycles. The molecule has 2 atom stereocenters. The van der Waals surface area contributed by atoms with Gasteiger partial charge >= 0.3 is 0 Å². The summed E-state index contributed by atoms with van der Waals surface area (Å²) < 4.78 is 26.2. The first-order chi connectivity index (χ1) is 7.54. The van der Waals surface area contributed by atoms with E-state index in [9.17, 15) is 13.9 Å². The Bertz CT molecular complexity index is 268. The first-order valence-electron chi connectivity index (χ1n) is 6.64. The zero-order chi connectivity index (χ0) is 11.4. The van der Waals surface area contributed by atoms with Gasteiger partial charge in [0.1, 0.15) is 0 Å². The van der Waals surface area contributed by atoms with Crippen LogP contribution >= 0.6 is 0 Å². The SMILES string of the molecule is OC1(C2CCC(F)(F)CC2)C2CCCCC21. The molecule has 0 saturated heterocycles. The minimum atomic E-state index is -2.47. The van der Waals surface area contributed by atoms with Gasteiger partial charge in [-0.1, -0.05) is 12.8 Å². The second-order valence-electron chi connectivity index (χ2n) is 6.01. The topological polar surface area (TPSA) is 20.2 Å². The fourth-order valence-corrected chi connectivity index (χ4v) is 4.25. The number of halogens is 2. The van der Waals surface area contributed by atoms with Crippen molar-refractivity contribution in [1.29, 1.82) is 0 Å². The lowest BCUT2D eigenvalue weighted by Gasteiger charge is -2.32. The maximum Gasteiger partial charge on any atom is 0.248 e. The van der Waals surface area contributed by atoms with E-state index in [0.29, 0.717) is 24.7 Å². The molecule has 0 radical (unpaired) electrons. The molecule has 1 nitrogen and oxygen atoms in total. The average Bonchev–Trinajstić information content (AvgIpc) is 2.87. The molecule has 0 bridgehead atoms. The highest BCUT2D eigenvalue weighted by Crippen LogP contribution is 2.64. The normalized spacial score (nSPS) is 47.4. The molecule has 0 amide bonds. The Balaban J connectivity index is 1.66. The van der Waals surface area contributed by atoms with Gasteiger partial charge in [0.15, 0.2) is 0 Å². The average molecular weight is 230 g/mol. The number of hydrogen-bond donors (Lipinski definition) is 1. The highest BCUT2D eigenvalue weighted by Gasteiger charge is 2.67. The largest absolute Gasteiger partial charge is 0.389 e. The molecule has 2 unspecified atom stereocenters. The van der Waals surface area contributed by atoms with E-state index in [1.807, 2.05) is 0 Å². The Kier molecular flexibility index (Phi) is 2.33. The fraction of sp³-hybridized carbons (Fsp3) is 1.00. The molecule has 1 N–H and O–H groups in total. The van der Waals surface area contributed by atoms with Gasteiger partial charge in [0, 0.05) is 12.8 Å². The second-order valence-corrected chi connectivity index (χ2v) is 6.01. The van der Waals surface area contributed by atoms with Crippen molar-refractivity contribution in [2.45, 2.75) is 62.9 Å². The molecule has 3 rings (SSSR count). The van der Waals surface area contributed by atoms with Crippen molar-refractivity contribution >= 4 is 0 Å². The summed E-state index contributed by atoms with van der Waals surface area (Å²) in [5.41, 5.74) is -0.549. The van der Waals surface area contributed by atoms with Crippen LogP contribution in [0.2, 0.25) is 0 Å². The van der Waals surface area contributed by atoms with Crippen molar-refractivity contribution in [1.82, 2.24) is 0 Å². The summed E-state index contributed by atoms with van der Waals surface area (Å²) in [6.45, 7) is 0. The number of alkyl halides is 2. The number of hydrogen-bond acceptors (Lipinski definition) is 1. The monoisotopic (exact) mass is 230 g/mol. The summed E-state index contributed by atoms with van der Waals surface area (Å²) >= 11 is 0. The van der Waals surface area contributed by atoms with E-state index in [1.54, 1.807) is 0 Å². The molecule has 92 valence electrons. The van der Waals surface area contributed by atoms with Crippen LogP contribution in [-0.4, -0.2) is 16.6 Å². The lowest BCUT2D eigenvalue weighted by Crippen LogP contribution is -2.34. The number of rotatable bonds is 1. The summed E-state index contributed by atoms with van der Waals surface area (Å²) in [7, 11) is 0. The molecule has 3 fully saturated rings. The molecular weight excluding hydrogens is 210 g/mol. The van der Waals surface area contributed by atoms with E-state index in [0.717, 1.165) is 12.8 Å². The van der Waals surface area contributed by atoms with E-state index in [-0.39, 0.29) is 18.8 Å². The minimum absolute atomic E-state index is 0.0145. The van der Waals surface area contributed by atoms with Crippen molar-refractivity contribution in [3.8, 4) is 0 Å². The molecule has 0 aliphatic heterocycles. The summed E-state index contributed by atoms with van der Waals surface area (Å²) in [4.78, 5) is 0. The molecule has 0 aromatic carbocycles. The zero-order valence-electron chi connectivity index (χ0n) is 9.59. The first kappa shape index (κ1) is 10.9. The standard InChI is InChI=1S/C13H20F2O/c14-12(15)7-5-9(6-8-12)13(16)10-3-1-2-4-11(10)13/h9-11,16H,1-8H2. The molecule has 0 heterocycles. The Morgan fingerprint density at radius 1 is 0.875 bits per heavy atom. The van der Waals surface area contributed by atoms with Crippen molar-refractivity contribution in [2.24, 2.45) is 17.8 Å². The van der Waals surface area contributed by atoms with Crippen LogP contribution in [0.15, 0.2) is 0 Å².